The standard InChI is InChI=1S/C17H20N2OS/c1-17(13-18,19-12-16-4-3-11-21-16)10-9-14-5-7-15(20-2)8-6-14/h3-8,11,19H,9-10,12H2,1-2H3. The Balaban J connectivity index is 1.89. The Kier molecular flexibility index (Phi) is 5.38. The van der Waals surface area contributed by atoms with Crippen molar-refractivity contribution in [2.45, 2.75) is 31.8 Å². The fraction of sp³-hybridized carbons (Fsp3) is 0.353. The van der Waals surface area contributed by atoms with Gasteiger partial charge in [-0.15, -0.1) is 11.3 Å². The maximum Gasteiger partial charge on any atom is 0.118 e. The molecule has 1 atom stereocenters. The summed E-state index contributed by atoms with van der Waals surface area (Å²) in [6, 6.07) is 14.5. The molecular formula is C17H20N2OS. The number of benzene rings is 1. The number of hydrogen-bond donors (Lipinski definition) is 1. The lowest BCUT2D eigenvalue weighted by Crippen LogP contribution is -2.40. The van der Waals surface area contributed by atoms with Crippen molar-refractivity contribution in [2.24, 2.45) is 0 Å². The van der Waals surface area contributed by atoms with Crippen molar-refractivity contribution in [3.63, 3.8) is 0 Å². The number of nitrogens with one attached hydrogen (secondary N) is 1. The number of hydrogen-bond acceptors (Lipinski definition) is 4. The monoisotopic (exact) mass is 300 g/mol. The van der Waals surface area contributed by atoms with E-state index in [4.69, 9.17) is 4.74 Å². The lowest BCUT2D eigenvalue weighted by Gasteiger charge is -2.23. The molecule has 0 aliphatic carbocycles. The van der Waals surface area contributed by atoms with Gasteiger partial charge in [0.05, 0.1) is 13.2 Å². The molecule has 1 aromatic carbocycles. The Hall–Kier alpha value is -1.83. The van der Waals surface area contributed by atoms with Crippen LogP contribution in [0.15, 0.2) is 41.8 Å². The minimum atomic E-state index is -0.510. The first-order chi connectivity index (χ1) is 10.1. The van der Waals surface area contributed by atoms with Gasteiger partial charge < -0.3 is 4.74 Å². The van der Waals surface area contributed by atoms with Gasteiger partial charge in [0.25, 0.3) is 0 Å². The first-order valence-corrected chi connectivity index (χ1v) is 7.85. The number of ether oxygens (including phenoxy) is 1. The molecule has 110 valence electrons. The van der Waals surface area contributed by atoms with Crippen molar-refractivity contribution in [1.82, 2.24) is 5.32 Å². The normalized spacial score (nSPS) is 13.4. The minimum Gasteiger partial charge on any atom is -0.497 e. The number of nitriles is 1. The summed E-state index contributed by atoms with van der Waals surface area (Å²) in [4.78, 5) is 1.25. The molecule has 0 spiro atoms. The molecule has 0 radical (unpaired) electrons. The highest BCUT2D eigenvalue weighted by molar-refractivity contribution is 7.09. The van der Waals surface area contributed by atoms with Crippen molar-refractivity contribution >= 4 is 11.3 Å². The summed E-state index contributed by atoms with van der Waals surface area (Å²) in [6.07, 6.45) is 1.65. The summed E-state index contributed by atoms with van der Waals surface area (Å²) in [6.45, 7) is 2.70. The summed E-state index contributed by atoms with van der Waals surface area (Å²) >= 11 is 1.71. The fourth-order valence-corrected chi connectivity index (χ4v) is 2.71. The molecule has 1 unspecified atom stereocenters. The van der Waals surface area contributed by atoms with Gasteiger partial charge in [-0.25, -0.2) is 0 Å². The van der Waals surface area contributed by atoms with Gasteiger partial charge in [0.2, 0.25) is 0 Å². The van der Waals surface area contributed by atoms with E-state index in [9.17, 15) is 5.26 Å². The summed E-state index contributed by atoms with van der Waals surface area (Å²) in [5.41, 5.74) is 0.708. The largest absolute Gasteiger partial charge is 0.497 e. The van der Waals surface area contributed by atoms with Crippen molar-refractivity contribution < 1.29 is 4.74 Å². The second-order valence-electron chi connectivity index (χ2n) is 5.22. The Labute approximate surface area is 130 Å². The van der Waals surface area contributed by atoms with Gasteiger partial charge in [-0.05, 0) is 48.9 Å². The first kappa shape index (κ1) is 15.6. The van der Waals surface area contributed by atoms with Crippen LogP contribution in [-0.2, 0) is 13.0 Å². The van der Waals surface area contributed by atoms with Gasteiger partial charge in [-0.2, -0.15) is 5.26 Å². The third-order valence-electron chi connectivity index (χ3n) is 3.55. The average Bonchev–Trinajstić information content (AvgIpc) is 3.05. The zero-order valence-electron chi connectivity index (χ0n) is 12.4. The molecule has 0 bridgehead atoms. The van der Waals surface area contributed by atoms with Crippen LogP contribution in [0.3, 0.4) is 0 Å². The second kappa shape index (κ2) is 7.26. The van der Waals surface area contributed by atoms with E-state index < -0.39 is 5.54 Å². The maximum absolute atomic E-state index is 9.45. The van der Waals surface area contributed by atoms with Crippen LogP contribution in [0.4, 0.5) is 0 Å². The van der Waals surface area contributed by atoms with Crippen LogP contribution in [-0.4, -0.2) is 12.6 Å². The van der Waals surface area contributed by atoms with Crippen molar-refractivity contribution in [1.29, 1.82) is 5.26 Å². The molecule has 0 saturated carbocycles. The molecule has 1 aromatic heterocycles. The van der Waals surface area contributed by atoms with Gasteiger partial charge >= 0.3 is 0 Å². The number of nitrogens with zero attached hydrogens (tertiary/aromatic N) is 1. The van der Waals surface area contributed by atoms with Gasteiger partial charge in [-0.1, -0.05) is 18.2 Å². The zero-order valence-corrected chi connectivity index (χ0v) is 13.2. The van der Waals surface area contributed by atoms with Crippen LogP contribution >= 0.6 is 11.3 Å². The van der Waals surface area contributed by atoms with Gasteiger partial charge in [0.1, 0.15) is 11.3 Å². The van der Waals surface area contributed by atoms with Crippen LogP contribution in [0.1, 0.15) is 23.8 Å². The minimum absolute atomic E-state index is 0.510. The topological polar surface area (TPSA) is 45.0 Å². The summed E-state index contributed by atoms with van der Waals surface area (Å²) in [5, 5.41) is 14.9. The Bertz CT molecular complexity index is 586. The molecular weight excluding hydrogens is 280 g/mol. The Morgan fingerprint density at radius 3 is 2.62 bits per heavy atom. The van der Waals surface area contributed by atoms with Crippen LogP contribution in [0, 0.1) is 11.3 Å². The number of rotatable bonds is 7. The number of aryl methyl sites for hydroxylation is 1. The highest BCUT2D eigenvalue weighted by Crippen LogP contribution is 2.18. The van der Waals surface area contributed by atoms with Crippen LogP contribution in [0.2, 0.25) is 0 Å². The number of methoxy groups -OCH3 is 1. The van der Waals surface area contributed by atoms with Crippen molar-refractivity contribution in [3.8, 4) is 11.8 Å². The SMILES string of the molecule is COc1ccc(CCC(C)(C#N)NCc2cccs2)cc1. The second-order valence-corrected chi connectivity index (χ2v) is 6.26. The van der Waals surface area contributed by atoms with E-state index in [1.165, 1.54) is 10.4 Å². The molecule has 0 aliphatic rings. The van der Waals surface area contributed by atoms with E-state index in [0.29, 0.717) is 0 Å². The molecule has 0 fully saturated rings. The van der Waals surface area contributed by atoms with Gasteiger partial charge in [-0.3, -0.25) is 5.32 Å². The van der Waals surface area contributed by atoms with Crippen LogP contribution in [0.25, 0.3) is 0 Å². The third kappa shape index (κ3) is 4.59. The van der Waals surface area contributed by atoms with E-state index in [1.54, 1.807) is 18.4 Å². The number of thiophene rings is 1. The van der Waals surface area contributed by atoms with E-state index in [2.05, 4.69) is 35.0 Å². The zero-order chi connectivity index (χ0) is 15.1. The lowest BCUT2D eigenvalue weighted by atomic mass is 9.94. The predicted molar refractivity (Wildman–Crippen MR) is 86.5 cm³/mol. The molecule has 0 amide bonds. The smallest absolute Gasteiger partial charge is 0.118 e. The Morgan fingerprint density at radius 1 is 1.29 bits per heavy atom. The van der Waals surface area contributed by atoms with Gasteiger partial charge in [0.15, 0.2) is 0 Å². The fourth-order valence-electron chi connectivity index (χ4n) is 2.07. The lowest BCUT2D eigenvalue weighted by molar-refractivity contribution is 0.412. The van der Waals surface area contributed by atoms with Gasteiger partial charge in [0, 0.05) is 11.4 Å². The molecule has 2 aromatic rings. The maximum atomic E-state index is 9.45. The highest BCUT2D eigenvalue weighted by Gasteiger charge is 2.22. The quantitative estimate of drug-likeness (QED) is 0.846. The van der Waals surface area contributed by atoms with Crippen LogP contribution in [0.5, 0.6) is 5.75 Å². The van der Waals surface area contributed by atoms with Crippen LogP contribution < -0.4 is 10.1 Å². The Morgan fingerprint density at radius 2 is 2.05 bits per heavy atom. The molecule has 4 heteroatoms. The summed E-state index contributed by atoms with van der Waals surface area (Å²) in [7, 11) is 1.66. The molecule has 0 saturated heterocycles. The van der Waals surface area contributed by atoms with E-state index in [1.807, 2.05) is 25.1 Å². The molecule has 21 heavy (non-hydrogen) atoms. The van der Waals surface area contributed by atoms with E-state index >= 15 is 0 Å². The highest BCUT2D eigenvalue weighted by atomic mass is 32.1. The third-order valence-corrected chi connectivity index (χ3v) is 4.43. The summed E-state index contributed by atoms with van der Waals surface area (Å²) < 4.78 is 5.15. The summed E-state index contributed by atoms with van der Waals surface area (Å²) in [5.74, 6) is 0.859. The van der Waals surface area contributed by atoms with E-state index in [0.717, 1.165) is 25.1 Å². The first-order valence-electron chi connectivity index (χ1n) is 6.97. The predicted octanol–water partition coefficient (Wildman–Crippen LogP) is 3.76. The molecule has 2 rings (SSSR count). The molecule has 3 nitrogen and oxygen atoms in total. The molecule has 1 N–H and O–H groups in total. The molecule has 0 aliphatic heterocycles. The van der Waals surface area contributed by atoms with Crippen molar-refractivity contribution in [3.05, 3.63) is 52.2 Å². The van der Waals surface area contributed by atoms with E-state index in [-0.39, 0.29) is 0 Å². The molecule has 1 heterocycles. The van der Waals surface area contributed by atoms with Crippen molar-refractivity contribution in [2.75, 3.05) is 7.11 Å². The average molecular weight is 300 g/mol.